The van der Waals surface area contributed by atoms with Crippen LogP contribution in [0.4, 0.5) is 0 Å². The highest BCUT2D eigenvalue weighted by Gasteiger charge is 2.30. The second-order valence-electron chi connectivity index (χ2n) is 5.18. The number of esters is 2. The summed E-state index contributed by atoms with van der Waals surface area (Å²) in [6.07, 6.45) is 1.58. The van der Waals surface area contributed by atoms with E-state index in [9.17, 15) is 14.2 Å². The van der Waals surface area contributed by atoms with Crippen molar-refractivity contribution in [2.75, 3.05) is 32.6 Å². The molecule has 25 heavy (non-hydrogen) atoms. The molecule has 0 radical (unpaired) electrons. The smallest absolute Gasteiger partial charge is 0.327 e. The van der Waals surface area contributed by atoms with Crippen molar-refractivity contribution in [2.24, 2.45) is 0 Å². The molecule has 144 valence electrons. The van der Waals surface area contributed by atoms with Crippen molar-refractivity contribution in [3.05, 3.63) is 0 Å². The Morgan fingerprint density at radius 2 is 2.00 bits per heavy atom. The van der Waals surface area contributed by atoms with Gasteiger partial charge in [-0.2, -0.15) is 5.26 Å². The van der Waals surface area contributed by atoms with Gasteiger partial charge in [0.2, 0.25) is 0 Å². The monoisotopic (exact) mass is 395 g/mol. The number of carbonyl (C=O) groups is 2. The lowest BCUT2D eigenvalue weighted by Crippen LogP contribution is -2.35. The Morgan fingerprint density at radius 3 is 2.48 bits per heavy atom. The van der Waals surface area contributed by atoms with Gasteiger partial charge in [-0.25, -0.2) is 5.09 Å². The van der Waals surface area contributed by atoms with E-state index in [1.165, 1.54) is 18.9 Å². The summed E-state index contributed by atoms with van der Waals surface area (Å²) in [5.41, 5.74) is 0. The molecule has 11 heteroatoms. The molecule has 0 aromatic rings. The zero-order valence-electron chi connectivity index (χ0n) is 15.2. The first-order valence-electron chi connectivity index (χ1n) is 7.76. The van der Waals surface area contributed by atoms with Gasteiger partial charge in [0.25, 0.3) is 0 Å². The van der Waals surface area contributed by atoms with E-state index in [1.807, 2.05) is 6.19 Å². The van der Waals surface area contributed by atoms with Gasteiger partial charge in [-0.3, -0.25) is 19.1 Å². The van der Waals surface area contributed by atoms with Crippen LogP contribution < -0.4 is 5.09 Å². The average molecular weight is 395 g/mol. The number of ether oxygens (including phenoxy) is 2. The largest absolute Gasteiger partial charge is 0.468 e. The molecule has 0 heterocycles. The molecule has 0 fully saturated rings. The highest BCUT2D eigenvalue weighted by molar-refractivity contribution is 8.56. The van der Waals surface area contributed by atoms with Crippen LogP contribution in [-0.4, -0.2) is 61.5 Å². The molecular formula is C14H26N3O6PS. The van der Waals surface area contributed by atoms with Gasteiger partial charge in [0.05, 0.1) is 19.8 Å². The standard InChI is InChI=1S/C14H26N3O6PS/c1-6-22-24(20,16-12(4)14(19)23-11(2)3)25-8-7-17(10-15)9-13(18)21-5/h11-12H,6-9H2,1-5H3,(H,16,20)/t12-,24-/m0/s1. The lowest BCUT2D eigenvalue weighted by atomic mass is 10.4. The second-order valence-corrected chi connectivity index (χ2v) is 9.58. The lowest BCUT2D eigenvalue weighted by Gasteiger charge is -2.23. The van der Waals surface area contributed by atoms with Crippen molar-refractivity contribution in [1.82, 2.24) is 9.99 Å². The summed E-state index contributed by atoms with van der Waals surface area (Å²) < 4.78 is 27.6. The van der Waals surface area contributed by atoms with Gasteiger partial charge in [0.15, 0.2) is 6.19 Å². The Labute approximate surface area is 152 Å². The van der Waals surface area contributed by atoms with Crippen LogP contribution >= 0.6 is 18.1 Å². The van der Waals surface area contributed by atoms with Crippen molar-refractivity contribution in [2.45, 2.75) is 39.8 Å². The summed E-state index contributed by atoms with van der Waals surface area (Å²) in [5, 5.41) is 11.7. The SMILES string of the molecule is CCO[P@@](=O)(N[C@@H](C)C(=O)OC(C)C)SCCN(C#N)CC(=O)OC. The Hall–Kier alpha value is -1.27. The molecule has 0 aliphatic rings. The van der Waals surface area contributed by atoms with Crippen molar-refractivity contribution < 1.29 is 28.2 Å². The molecular weight excluding hydrogens is 369 g/mol. The predicted molar refractivity (Wildman–Crippen MR) is 94.7 cm³/mol. The Kier molecular flexibility index (Phi) is 11.5. The Bertz CT molecular complexity index is 525. The van der Waals surface area contributed by atoms with Gasteiger partial charge >= 0.3 is 18.7 Å². The number of hydrogen-bond acceptors (Lipinski definition) is 9. The Morgan fingerprint density at radius 1 is 1.36 bits per heavy atom. The molecule has 0 aromatic carbocycles. The normalized spacial score (nSPS) is 14.3. The Balaban J connectivity index is 4.66. The van der Waals surface area contributed by atoms with Crippen LogP contribution in [0.2, 0.25) is 0 Å². The van der Waals surface area contributed by atoms with Gasteiger partial charge in [0.1, 0.15) is 12.6 Å². The summed E-state index contributed by atoms with van der Waals surface area (Å²) in [7, 11) is 1.23. The molecule has 0 rings (SSSR count). The molecule has 2 atom stereocenters. The van der Waals surface area contributed by atoms with E-state index in [0.29, 0.717) is 0 Å². The maximum Gasteiger partial charge on any atom is 0.327 e. The minimum Gasteiger partial charge on any atom is -0.468 e. The van der Waals surface area contributed by atoms with Crippen LogP contribution in [0.1, 0.15) is 27.7 Å². The number of methoxy groups -OCH3 is 1. The van der Waals surface area contributed by atoms with Gasteiger partial charge in [-0.1, -0.05) is 11.4 Å². The number of hydrogen-bond donors (Lipinski definition) is 1. The van der Waals surface area contributed by atoms with Crippen molar-refractivity contribution in [3.8, 4) is 6.19 Å². The number of carbonyl (C=O) groups excluding carboxylic acids is 2. The summed E-state index contributed by atoms with van der Waals surface area (Å²) in [4.78, 5) is 24.2. The molecule has 0 saturated carbocycles. The van der Waals surface area contributed by atoms with Crippen LogP contribution in [0.15, 0.2) is 0 Å². The maximum absolute atomic E-state index is 12.8. The minimum atomic E-state index is -3.37. The zero-order valence-corrected chi connectivity index (χ0v) is 16.9. The van der Waals surface area contributed by atoms with Crippen LogP contribution in [0.5, 0.6) is 0 Å². The molecule has 1 N–H and O–H groups in total. The molecule has 9 nitrogen and oxygen atoms in total. The maximum atomic E-state index is 12.8. The summed E-state index contributed by atoms with van der Waals surface area (Å²) in [6, 6.07) is -0.811. The molecule has 0 aliphatic heterocycles. The van der Waals surface area contributed by atoms with E-state index in [-0.39, 0.29) is 31.6 Å². The van der Waals surface area contributed by atoms with E-state index in [1.54, 1.807) is 20.8 Å². The van der Waals surface area contributed by atoms with Crippen LogP contribution in [0.25, 0.3) is 0 Å². The van der Waals surface area contributed by atoms with E-state index in [2.05, 4.69) is 9.82 Å². The highest BCUT2D eigenvalue weighted by Crippen LogP contribution is 2.56. The topological polar surface area (TPSA) is 118 Å². The average Bonchev–Trinajstić information content (AvgIpc) is 2.52. The number of nitrogens with one attached hydrogen (secondary N) is 1. The molecule has 0 amide bonds. The highest BCUT2D eigenvalue weighted by atomic mass is 32.7. The summed E-state index contributed by atoms with van der Waals surface area (Å²) >= 11 is 0.961. The third kappa shape index (κ3) is 10.3. The first-order valence-corrected chi connectivity index (χ1v) is 11.0. The zero-order chi connectivity index (χ0) is 19.5. The van der Waals surface area contributed by atoms with Crippen molar-refractivity contribution in [1.29, 1.82) is 5.26 Å². The first-order chi connectivity index (χ1) is 11.7. The van der Waals surface area contributed by atoms with E-state index >= 15 is 0 Å². The summed E-state index contributed by atoms with van der Waals surface area (Å²) in [6.45, 7) is 3.48. The molecule has 0 spiro atoms. The van der Waals surface area contributed by atoms with E-state index in [0.717, 1.165) is 11.4 Å². The van der Waals surface area contributed by atoms with Crippen LogP contribution in [-0.2, 0) is 28.2 Å². The van der Waals surface area contributed by atoms with E-state index in [4.69, 9.17) is 14.5 Å². The van der Waals surface area contributed by atoms with Crippen molar-refractivity contribution >= 4 is 30.0 Å². The van der Waals surface area contributed by atoms with Gasteiger partial charge in [-0.05, 0) is 27.7 Å². The third-order valence-corrected chi connectivity index (χ3v) is 6.87. The summed E-state index contributed by atoms with van der Waals surface area (Å²) in [5.74, 6) is -0.816. The second kappa shape index (κ2) is 12.1. The quantitative estimate of drug-likeness (QED) is 0.227. The first kappa shape index (κ1) is 23.7. The molecule has 0 unspecified atom stereocenters. The van der Waals surface area contributed by atoms with Gasteiger partial charge in [-0.15, -0.1) is 0 Å². The van der Waals surface area contributed by atoms with Crippen molar-refractivity contribution in [3.63, 3.8) is 0 Å². The molecule has 0 aromatic heterocycles. The molecule has 0 bridgehead atoms. The number of nitriles is 1. The molecule has 0 saturated heterocycles. The fourth-order valence-electron chi connectivity index (χ4n) is 1.56. The fourth-order valence-corrected chi connectivity index (χ4v) is 5.45. The van der Waals surface area contributed by atoms with E-state index < -0.39 is 24.7 Å². The molecule has 0 aliphatic carbocycles. The fraction of sp³-hybridized carbons (Fsp3) is 0.786. The minimum absolute atomic E-state index is 0.180. The van der Waals surface area contributed by atoms with Gasteiger partial charge < -0.3 is 14.0 Å². The third-order valence-electron chi connectivity index (χ3n) is 2.67. The van der Waals surface area contributed by atoms with Gasteiger partial charge in [0, 0.05) is 12.3 Å². The lowest BCUT2D eigenvalue weighted by molar-refractivity contribution is -0.149. The number of rotatable bonds is 12. The number of nitrogens with zero attached hydrogens (tertiary/aromatic N) is 2. The predicted octanol–water partition coefficient (Wildman–Crippen LogP) is 1.75. The van der Waals surface area contributed by atoms with Crippen LogP contribution in [0, 0.1) is 11.5 Å². The van der Waals surface area contributed by atoms with Crippen LogP contribution in [0.3, 0.4) is 0 Å².